The van der Waals surface area contributed by atoms with E-state index >= 15 is 0 Å². The molecule has 1 saturated carbocycles. The van der Waals surface area contributed by atoms with Gasteiger partial charge < -0.3 is 10.6 Å². The van der Waals surface area contributed by atoms with Gasteiger partial charge in [0, 0.05) is 11.7 Å². The monoisotopic (exact) mass is 261 g/mol. The van der Waals surface area contributed by atoms with Crippen molar-refractivity contribution in [2.75, 3.05) is 11.9 Å². The lowest BCUT2D eigenvalue weighted by Crippen LogP contribution is -2.45. The van der Waals surface area contributed by atoms with Crippen molar-refractivity contribution in [3.8, 4) is 0 Å². The molecule has 5 nitrogen and oxygen atoms in total. The normalized spacial score (nSPS) is 15.6. The molecule has 0 aliphatic heterocycles. The second kappa shape index (κ2) is 6.33. The molecule has 3 N–H and O–H groups in total. The molecule has 2 rings (SSSR count). The van der Waals surface area contributed by atoms with E-state index in [-0.39, 0.29) is 24.4 Å². The minimum atomic E-state index is -0.359. The molecule has 102 valence electrons. The third-order valence-electron chi connectivity index (χ3n) is 2.94. The second-order valence-electron chi connectivity index (χ2n) is 4.80. The van der Waals surface area contributed by atoms with Gasteiger partial charge in [-0.15, -0.1) is 0 Å². The third-order valence-corrected chi connectivity index (χ3v) is 2.94. The van der Waals surface area contributed by atoms with Crippen LogP contribution in [0.2, 0.25) is 0 Å². The summed E-state index contributed by atoms with van der Waals surface area (Å²) in [6, 6.07) is 9.22. The highest BCUT2D eigenvalue weighted by Gasteiger charge is 2.25. The van der Waals surface area contributed by atoms with Crippen molar-refractivity contribution in [1.29, 1.82) is 0 Å². The summed E-state index contributed by atoms with van der Waals surface area (Å²) < 4.78 is 0. The molecular weight excluding hydrogens is 242 g/mol. The lowest BCUT2D eigenvalue weighted by Gasteiger charge is -2.13. The third kappa shape index (κ3) is 4.71. The minimum absolute atomic E-state index is 0.0463. The Hall–Kier alpha value is -1.88. The van der Waals surface area contributed by atoms with E-state index in [1.807, 2.05) is 30.3 Å². The van der Waals surface area contributed by atoms with Gasteiger partial charge in [0.25, 0.3) is 0 Å². The van der Waals surface area contributed by atoms with Gasteiger partial charge in [-0.1, -0.05) is 18.2 Å². The zero-order chi connectivity index (χ0) is 13.7. The Morgan fingerprint density at radius 1 is 1.26 bits per heavy atom. The second-order valence-corrected chi connectivity index (χ2v) is 4.80. The first kappa shape index (κ1) is 13.5. The lowest BCUT2D eigenvalue weighted by atomic mass is 10.3. The van der Waals surface area contributed by atoms with Crippen LogP contribution in [0.3, 0.4) is 0 Å². The van der Waals surface area contributed by atoms with E-state index in [2.05, 4.69) is 16.0 Å². The number of para-hydroxylation sites is 1. The maximum absolute atomic E-state index is 11.7. The summed E-state index contributed by atoms with van der Waals surface area (Å²) in [5.74, 6) is -0.202. The van der Waals surface area contributed by atoms with Crippen LogP contribution in [0.25, 0.3) is 0 Å². The van der Waals surface area contributed by atoms with E-state index in [9.17, 15) is 9.59 Å². The number of anilines is 1. The molecule has 0 bridgehead atoms. The molecule has 5 heteroatoms. The number of benzene rings is 1. The molecule has 1 aliphatic rings. The maximum atomic E-state index is 11.7. The van der Waals surface area contributed by atoms with E-state index in [1.54, 1.807) is 6.92 Å². The average molecular weight is 261 g/mol. The van der Waals surface area contributed by atoms with Crippen LogP contribution in [0.1, 0.15) is 19.8 Å². The van der Waals surface area contributed by atoms with Crippen LogP contribution in [0.5, 0.6) is 0 Å². The number of amides is 2. The van der Waals surface area contributed by atoms with E-state index in [4.69, 9.17) is 0 Å². The van der Waals surface area contributed by atoms with Crippen LogP contribution in [-0.4, -0.2) is 30.4 Å². The van der Waals surface area contributed by atoms with Gasteiger partial charge in [-0.2, -0.15) is 0 Å². The van der Waals surface area contributed by atoms with E-state index in [0.717, 1.165) is 18.5 Å². The van der Waals surface area contributed by atoms with Crippen molar-refractivity contribution in [3.63, 3.8) is 0 Å². The fourth-order valence-corrected chi connectivity index (χ4v) is 1.62. The topological polar surface area (TPSA) is 70.2 Å². The minimum Gasteiger partial charge on any atom is -0.352 e. The first-order valence-electron chi connectivity index (χ1n) is 6.54. The molecule has 1 atom stereocenters. The smallest absolute Gasteiger partial charge is 0.238 e. The average Bonchev–Trinajstić information content (AvgIpc) is 3.21. The number of carbonyl (C=O) groups excluding carboxylic acids is 2. The SMILES string of the molecule is CC(NCC(=O)Nc1ccccc1)C(=O)NC1CC1. The van der Waals surface area contributed by atoms with Crippen molar-refractivity contribution in [3.05, 3.63) is 30.3 Å². The van der Waals surface area contributed by atoms with Gasteiger partial charge in [0.05, 0.1) is 12.6 Å². The van der Waals surface area contributed by atoms with Gasteiger partial charge in [0.1, 0.15) is 0 Å². The molecule has 1 aromatic rings. The molecular formula is C14H19N3O2. The molecule has 0 spiro atoms. The fraction of sp³-hybridized carbons (Fsp3) is 0.429. The summed E-state index contributed by atoms with van der Waals surface area (Å²) >= 11 is 0. The number of hydrogen-bond acceptors (Lipinski definition) is 3. The molecule has 0 radical (unpaired) electrons. The first-order chi connectivity index (χ1) is 9.15. The molecule has 19 heavy (non-hydrogen) atoms. The van der Waals surface area contributed by atoms with Gasteiger partial charge >= 0.3 is 0 Å². The van der Waals surface area contributed by atoms with Crippen molar-refractivity contribution < 1.29 is 9.59 Å². The Kier molecular flexibility index (Phi) is 4.52. The predicted octanol–water partition coefficient (Wildman–Crippen LogP) is 0.882. The molecule has 1 aromatic carbocycles. The summed E-state index contributed by atoms with van der Waals surface area (Å²) in [5, 5.41) is 8.56. The van der Waals surface area contributed by atoms with Crippen molar-refractivity contribution >= 4 is 17.5 Å². The molecule has 1 aliphatic carbocycles. The maximum Gasteiger partial charge on any atom is 0.238 e. The molecule has 1 fully saturated rings. The molecule has 0 saturated heterocycles. The molecule has 0 heterocycles. The predicted molar refractivity (Wildman–Crippen MR) is 73.7 cm³/mol. The largest absolute Gasteiger partial charge is 0.352 e. The van der Waals surface area contributed by atoms with E-state index in [0.29, 0.717) is 6.04 Å². The van der Waals surface area contributed by atoms with Crippen molar-refractivity contribution in [2.45, 2.75) is 31.8 Å². The van der Waals surface area contributed by atoms with Crippen molar-refractivity contribution in [1.82, 2.24) is 10.6 Å². The lowest BCUT2D eigenvalue weighted by molar-refractivity contribution is -0.123. The fourth-order valence-electron chi connectivity index (χ4n) is 1.62. The summed E-state index contributed by atoms with van der Waals surface area (Å²) in [6.07, 6.45) is 2.12. The van der Waals surface area contributed by atoms with Crippen LogP contribution in [0.4, 0.5) is 5.69 Å². The van der Waals surface area contributed by atoms with Gasteiger partial charge in [0.15, 0.2) is 0 Å². The zero-order valence-corrected chi connectivity index (χ0v) is 11.0. The number of nitrogens with one attached hydrogen (secondary N) is 3. The standard InChI is InChI=1S/C14H19N3O2/c1-10(14(19)17-12-7-8-12)15-9-13(18)16-11-5-3-2-4-6-11/h2-6,10,12,15H,7-9H2,1H3,(H,16,18)(H,17,19). The molecule has 0 aromatic heterocycles. The Labute approximate surface area is 112 Å². The summed E-state index contributed by atoms with van der Waals surface area (Å²) in [5.41, 5.74) is 0.754. The van der Waals surface area contributed by atoms with Crippen LogP contribution in [0.15, 0.2) is 30.3 Å². The van der Waals surface area contributed by atoms with Gasteiger partial charge in [-0.3, -0.25) is 14.9 Å². The zero-order valence-electron chi connectivity index (χ0n) is 11.0. The van der Waals surface area contributed by atoms with Gasteiger partial charge in [0.2, 0.25) is 11.8 Å². The van der Waals surface area contributed by atoms with Gasteiger partial charge in [-0.25, -0.2) is 0 Å². The Morgan fingerprint density at radius 2 is 1.95 bits per heavy atom. The van der Waals surface area contributed by atoms with Gasteiger partial charge in [-0.05, 0) is 31.9 Å². The highest BCUT2D eigenvalue weighted by Crippen LogP contribution is 2.18. The first-order valence-corrected chi connectivity index (χ1v) is 6.54. The van der Waals surface area contributed by atoms with E-state index in [1.165, 1.54) is 0 Å². The Morgan fingerprint density at radius 3 is 2.58 bits per heavy atom. The van der Waals surface area contributed by atoms with Crippen LogP contribution in [0, 0.1) is 0 Å². The highest BCUT2D eigenvalue weighted by molar-refractivity contribution is 5.92. The number of carbonyl (C=O) groups is 2. The molecule has 1 unspecified atom stereocenters. The number of rotatable bonds is 6. The molecule has 2 amide bonds. The summed E-state index contributed by atoms with van der Waals surface area (Å²) in [7, 11) is 0. The number of hydrogen-bond donors (Lipinski definition) is 3. The van der Waals surface area contributed by atoms with Crippen LogP contribution >= 0.6 is 0 Å². The van der Waals surface area contributed by atoms with Crippen molar-refractivity contribution in [2.24, 2.45) is 0 Å². The Bertz CT molecular complexity index is 443. The summed E-state index contributed by atoms with van der Waals surface area (Å²) in [4.78, 5) is 23.3. The summed E-state index contributed by atoms with van der Waals surface area (Å²) in [6.45, 7) is 1.88. The van der Waals surface area contributed by atoms with Crippen LogP contribution in [-0.2, 0) is 9.59 Å². The van der Waals surface area contributed by atoms with E-state index < -0.39 is 0 Å². The Balaban J connectivity index is 1.69. The quantitative estimate of drug-likeness (QED) is 0.712. The van der Waals surface area contributed by atoms with Crippen LogP contribution < -0.4 is 16.0 Å². The highest BCUT2D eigenvalue weighted by atomic mass is 16.2.